The molecule has 0 saturated carbocycles. The molecule has 1 rings (SSSR count). The minimum Gasteiger partial charge on any atom is -0.497 e. The number of hydrogen-bond donors (Lipinski definition) is 1. The molecule has 1 aromatic carbocycles. The van der Waals surface area contributed by atoms with Crippen molar-refractivity contribution in [1.29, 1.82) is 0 Å². The van der Waals surface area contributed by atoms with Gasteiger partial charge in [0.1, 0.15) is 5.75 Å². The third-order valence-electron chi connectivity index (χ3n) is 2.81. The predicted octanol–water partition coefficient (Wildman–Crippen LogP) is 3.94. The van der Waals surface area contributed by atoms with Gasteiger partial charge in [0.15, 0.2) is 0 Å². The van der Waals surface area contributed by atoms with E-state index in [4.69, 9.17) is 21.4 Å². The van der Waals surface area contributed by atoms with Gasteiger partial charge in [-0.1, -0.05) is 11.6 Å². The fourth-order valence-electron chi connectivity index (χ4n) is 1.65. The topological polar surface area (TPSA) is 46.5 Å². The summed E-state index contributed by atoms with van der Waals surface area (Å²) in [4.78, 5) is 10.9. The largest absolute Gasteiger partial charge is 0.497 e. The van der Waals surface area contributed by atoms with E-state index in [-0.39, 0.29) is 5.02 Å². The lowest BCUT2D eigenvalue weighted by Gasteiger charge is -2.26. The smallest absolute Gasteiger partial charge is 0.309 e. The molecule has 0 saturated heterocycles. The third-order valence-corrected chi connectivity index (χ3v) is 3.13. The van der Waals surface area contributed by atoms with Crippen LogP contribution in [0.3, 0.4) is 0 Å². The summed E-state index contributed by atoms with van der Waals surface area (Å²) in [5.41, 5.74) is -1.95. The lowest BCUT2D eigenvalue weighted by molar-refractivity contribution is -0.153. The van der Waals surface area contributed by atoms with Gasteiger partial charge >= 0.3 is 5.97 Å². The van der Waals surface area contributed by atoms with Gasteiger partial charge in [-0.25, -0.2) is 8.78 Å². The minimum absolute atomic E-state index is 0.148. The van der Waals surface area contributed by atoms with E-state index in [2.05, 4.69) is 0 Å². The highest BCUT2D eigenvalue weighted by Crippen LogP contribution is 2.43. The molecule has 0 unspecified atom stereocenters. The molecule has 1 aromatic rings. The van der Waals surface area contributed by atoms with Crippen LogP contribution in [0.15, 0.2) is 18.2 Å². The van der Waals surface area contributed by atoms with E-state index in [0.717, 1.165) is 6.07 Å². The molecule has 0 atom stereocenters. The molecule has 0 aliphatic carbocycles. The van der Waals surface area contributed by atoms with Crippen molar-refractivity contribution in [2.24, 2.45) is 5.41 Å². The van der Waals surface area contributed by atoms with Crippen LogP contribution in [0.1, 0.15) is 25.8 Å². The molecule has 0 aliphatic rings. The summed E-state index contributed by atoms with van der Waals surface area (Å²) >= 11 is 5.79. The fourth-order valence-corrected chi connectivity index (χ4v) is 1.95. The number of carboxylic acid groups (broad SMARTS) is 1. The number of halogens is 3. The van der Waals surface area contributed by atoms with E-state index in [0.29, 0.717) is 5.75 Å². The predicted molar refractivity (Wildman–Crippen MR) is 67.9 cm³/mol. The number of carboxylic acids is 1. The Hall–Kier alpha value is -1.36. The first-order valence-electron chi connectivity index (χ1n) is 5.55. The Morgan fingerprint density at radius 3 is 2.42 bits per heavy atom. The van der Waals surface area contributed by atoms with Crippen molar-refractivity contribution in [2.45, 2.75) is 26.2 Å². The Morgan fingerprint density at radius 1 is 1.42 bits per heavy atom. The average molecular weight is 293 g/mol. The van der Waals surface area contributed by atoms with Crippen molar-refractivity contribution >= 4 is 17.6 Å². The summed E-state index contributed by atoms with van der Waals surface area (Å²) in [7, 11) is 1.40. The molecule has 19 heavy (non-hydrogen) atoms. The number of carbonyl (C=O) groups is 1. The fraction of sp³-hybridized carbons (Fsp3) is 0.462. The van der Waals surface area contributed by atoms with Crippen LogP contribution in [-0.4, -0.2) is 18.2 Å². The van der Waals surface area contributed by atoms with Crippen LogP contribution in [-0.2, 0) is 10.7 Å². The highest BCUT2D eigenvalue weighted by molar-refractivity contribution is 6.31. The molecule has 0 amide bonds. The van der Waals surface area contributed by atoms with Gasteiger partial charge in [0.05, 0.1) is 17.5 Å². The Balaban J connectivity index is 3.10. The second-order valence-corrected chi connectivity index (χ2v) is 5.32. The van der Waals surface area contributed by atoms with Gasteiger partial charge in [-0.3, -0.25) is 4.79 Å². The van der Waals surface area contributed by atoms with E-state index >= 15 is 0 Å². The van der Waals surface area contributed by atoms with E-state index in [1.54, 1.807) is 0 Å². The number of hydrogen-bond acceptors (Lipinski definition) is 2. The van der Waals surface area contributed by atoms with E-state index in [1.165, 1.54) is 33.1 Å². The molecule has 0 aromatic heterocycles. The monoisotopic (exact) mass is 292 g/mol. The Labute approximate surface area is 115 Å². The van der Waals surface area contributed by atoms with Crippen LogP contribution >= 0.6 is 11.6 Å². The van der Waals surface area contributed by atoms with Crippen molar-refractivity contribution < 1.29 is 23.4 Å². The maximum atomic E-state index is 14.1. The standard InChI is InChI=1S/C13H15ClF2O3/c1-12(2,11(17)18)7-13(15,16)9-5-4-8(19-3)6-10(9)14/h4-6H,7H2,1-3H3,(H,17,18). The number of aliphatic carboxylic acids is 1. The van der Waals surface area contributed by atoms with Crippen LogP contribution in [0.4, 0.5) is 8.78 Å². The molecule has 6 heteroatoms. The molecule has 0 fully saturated rings. The number of rotatable bonds is 5. The summed E-state index contributed by atoms with van der Waals surface area (Å²) in [6.45, 7) is 2.50. The van der Waals surface area contributed by atoms with Crippen molar-refractivity contribution in [3.8, 4) is 5.75 Å². The number of methoxy groups -OCH3 is 1. The summed E-state index contributed by atoms with van der Waals surface area (Å²) in [6.07, 6.45) is -0.832. The lowest BCUT2D eigenvalue weighted by atomic mass is 9.84. The number of ether oxygens (including phenoxy) is 1. The third kappa shape index (κ3) is 3.56. The highest BCUT2D eigenvalue weighted by Gasteiger charge is 2.43. The molecule has 3 nitrogen and oxygen atoms in total. The van der Waals surface area contributed by atoms with Gasteiger partial charge in [0, 0.05) is 12.0 Å². The van der Waals surface area contributed by atoms with Crippen molar-refractivity contribution in [3.63, 3.8) is 0 Å². The zero-order chi connectivity index (χ0) is 14.8. The van der Waals surface area contributed by atoms with Gasteiger partial charge in [-0.2, -0.15) is 0 Å². The molecule has 1 N–H and O–H groups in total. The number of alkyl halides is 2. The molecule has 106 valence electrons. The minimum atomic E-state index is -3.33. The molecular weight excluding hydrogens is 278 g/mol. The summed E-state index contributed by atoms with van der Waals surface area (Å²) < 4.78 is 33.1. The second-order valence-electron chi connectivity index (χ2n) is 4.92. The van der Waals surface area contributed by atoms with Crippen LogP contribution in [0, 0.1) is 5.41 Å². The first-order valence-corrected chi connectivity index (χ1v) is 5.93. The second kappa shape index (κ2) is 5.33. The summed E-state index contributed by atoms with van der Waals surface area (Å²) in [5, 5.41) is 8.77. The molecule has 0 radical (unpaired) electrons. The maximum Gasteiger partial charge on any atom is 0.309 e. The molecular formula is C13H15ClF2O3. The van der Waals surface area contributed by atoms with Crippen LogP contribution < -0.4 is 4.74 Å². The Kier molecular flexibility index (Phi) is 4.40. The average Bonchev–Trinajstić information content (AvgIpc) is 2.26. The Bertz CT molecular complexity index is 487. The highest BCUT2D eigenvalue weighted by atomic mass is 35.5. The van der Waals surface area contributed by atoms with E-state index in [1.807, 2.05) is 0 Å². The lowest BCUT2D eigenvalue weighted by Crippen LogP contribution is -2.31. The normalized spacial score (nSPS) is 12.3. The van der Waals surface area contributed by atoms with E-state index in [9.17, 15) is 13.6 Å². The van der Waals surface area contributed by atoms with Gasteiger partial charge in [0.25, 0.3) is 5.92 Å². The molecule has 0 aliphatic heterocycles. The van der Waals surface area contributed by atoms with Gasteiger partial charge in [-0.15, -0.1) is 0 Å². The van der Waals surface area contributed by atoms with Gasteiger partial charge in [-0.05, 0) is 32.0 Å². The van der Waals surface area contributed by atoms with Crippen molar-refractivity contribution in [3.05, 3.63) is 28.8 Å². The van der Waals surface area contributed by atoms with Crippen LogP contribution in [0.5, 0.6) is 5.75 Å². The van der Waals surface area contributed by atoms with Crippen LogP contribution in [0.25, 0.3) is 0 Å². The van der Waals surface area contributed by atoms with Gasteiger partial charge < -0.3 is 9.84 Å². The quantitative estimate of drug-likeness (QED) is 0.894. The zero-order valence-corrected chi connectivity index (χ0v) is 11.6. The van der Waals surface area contributed by atoms with Crippen molar-refractivity contribution in [2.75, 3.05) is 7.11 Å². The van der Waals surface area contributed by atoms with E-state index < -0.39 is 29.3 Å². The number of benzene rings is 1. The maximum absolute atomic E-state index is 14.1. The van der Waals surface area contributed by atoms with Crippen LogP contribution in [0.2, 0.25) is 5.02 Å². The van der Waals surface area contributed by atoms with Crippen molar-refractivity contribution in [1.82, 2.24) is 0 Å². The first kappa shape index (κ1) is 15.7. The first-order chi connectivity index (χ1) is 8.60. The Morgan fingerprint density at radius 2 is 2.00 bits per heavy atom. The summed E-state index contributed by atoms with van der Waals surface area (Å²) in [5.74, 6) is -4.25. The molecule has 0 heterocycles. The molecule has 0 bridgehead atoms. The summed E-state index contributed by atoms with van der Waals surface area (Å²) in [6, 6.07) is 3.79. The molecule has 0 spiro atoms. The van der Waals surface area contributed by atoms with Gasteiger partial charge in [0.2, 0.25) is 0 Å². The SMILES string of the molecule is COc1ccc(C(F)(F)CC(C)(C)C(=O)O)c(Cl)c1. The zero-order valence-electron chi connectivity index (χ0n) is 10.8.